The Bertz CT molecular complexity index is 534. The highest BCUT2D eigenvalue weighted by atomic mass is 127. The molecule has 1 heterocycles. The molecule has 96 valence electrons. The van der Waals surface area contributed by atoms with Gasteiger partial charge in [0.15, 0.2) is 0 Å². The zero-order valence-corrected chi connectivity index (χ0v) is 14.9. The second-order valence-electron chi connectivity index (χ2n) is 4.08. The van der Waals surface area contributed by atoms with Gasteiger partial charge in [0, 0.05) is 29.4 Å². The molecule has 0 saturated heterocycles. The van der Waals surface area contributed by atoms with Crippen LogP contribution >= 0.6 is 49.9 Å². The largest absolute Gasteiger partial charge is 0.312 e. The van der Waals surface area contributed by atoms with Gasteiger partial charge in [-0.15, -0.1) is 11.3 Å². The zero-order chi connectivity index (χ0) is 13.1. The maximum atomic E-state index is 3.55. The molecule has 0 radical (unpaired) electrons. The molecule has 0 aliphatic heterocycles. The number of hydrogen-bond acceptors (Lipinski definition) is 2. The van der Waals surface area contributed by atoms with Gasteiger partial charge in [0.05, 0.1) is 0 Å². The van der Waals surface area contributed by atoms with E-state index in [9.17, 15) is 0 Å². The monoisotopic (exact) mass is 435 g/mol. The molecule has 4 heteroatoms. The molecule has 1 nitrogen and oxygen atoms in total. The minimum absolute atomic E-state index is 0.466. The molecule has 0 amide bonds. The van der Waals surface area contributed by atoms with Crippen LogP contribution in [0.4, 0.5) is 0 Å². The topological polar surface area (TPSA) is 12.0 Å². The second kappa shape index (κ2) is 6.50. The number of hydrogen-bond donors (Lipinski definition) is 1. The molecular weight excluding hydrogens is 421 g/mol. The normalized spacial score (nSPS) is 12.7. The Morgan fingerprint density at radius 1 is 1.33 bits per heavy atom. The van der Waals surface area contributed by atoms with Gasteiger partial charge < -0.3 is 5.32 Å². The molecular formula is C14H15BrINS. The highest BCUT2D eigenvalue weighted by Gasteiger charge is 2.12. The van der Waals surface area contributed by atoms with Crippen LogP contribution in [0.5, 0.6) is 0 Å². The van der Waals surface area contributed by atoms with Crippen LogP contribution < -0.4 is 5.32 Å². The van der Waals surface area contributed by atoms with Crippen molar-refractivity contribution in [2.45, 2.75) is 19.4 Å². The summed E-state index contributed by atoms with van der Waals surface area (Å²) in [4.78, 5) is 2.75. The van der Waals surface area contributed by atoms with Gasteiger partial charge in [0.1, 0.15) is 0 Å². The van der Waals surface area contributed by atoms with Crippen molar-refractivity contribution in [1.82, 2.24) is 5.32 Å². The lowest BCUT2D eigenvalue weighted by Crippen LogP contribution is -2.13. The molecule has 0 saturated carbocycles. The maximum Gasteiger partial charge on any atom is 0.0409 e. The number of rotatable bonds is 4. The molecule has 1 aromatic heterocycles. The molecule has 1 unspecified atom stereocenters. The molecule has 2 aromatic rings. The fourth-order valence-corrected chi connectivity index (χ4v) is 4.32. The van der Waals surface area contributed by atoms with E-state index >= 15 is 0 Å². The highest BCUT2D eigenvalue weighted by Crippen LogP contribution is 2.36. The smallest absolute Gasteiger partial charge is 0.0409 e. The minimum atomic E-state index is 0.466. The molecule has 0 spiro atoms. The first-order chi connectivity index (χ1) is 8.65. The summed E-state index contributed by atoms with van der Waals surface area (Å²) in [6, 6.07) is 11.4. The summed E-state index contributed by atoms with van der Waals surface area (Å²) in [7, 11) is 2.02. The first-order valence-electron chi connectivity index (χ1n) is 5.88. The van der Waals surface area contributed by atoms with Gasteiger partial charge in [-0.1, -0.05) is 22.9 Å². The third-order valence-electron chi connectivity index (χ3n) is 2.92. The van der Waals surface area contributed by atoms with Crippen LogP contribution in [0.2, 0.25) is 0 Å². The van der Waals surface area contributed by atoms with Gasteiger partial charge in [-0.25, -0.2) is 0 Å². The van der Waals surface area contributed by atoms with Crippen molar-refractivity contribution in [1.29, 1.82) is 0 Å². The minimum Gasteiger partial charge on any atom is -0.312 e. The third-order valence-corrected chi connectivity index (χ3v) is 5.59. The average molecular weight is 436 g/mol. The van der Waals surface area contributed by atoms with Gasteiger partial charge in [-0.05, 0) is 66.4 Å². The Labute approximate surface area is 134 Å². The van der Waals surface area contributed by atoms with Gasteiger partial charge in [0.25, 0.3) is 0 Å². The van der Waals surface area contributed by atoms with Crippen molar-refractivity contribution in [3.63, 3.8) is 0 Å². The van der Waals surface area contributed by atoms with E-state index in [0.29, 0.717) is 6.04 Å². The Morgan fingerprint density at radius 2 is 2.11 bits per heavy atom. The van der Waals surface area contributed by atoms with Crippen molar-refractivity contribution in [2.24, 2.45) is 0 Å². The summed E-state index contributed by atoms with van der Waals surface area (Å²) in [6.07, 6.45) is 1.12. The summed E-state index contributed by atoms with van der Waals surface area (Å²) in [6.45, 7) is 2.21. The van der Waals surface area contributed by atoms with Crippen molar-refractivity contribution >= 4 is 49.9 Å². The van der Waals surface area contributed by atoms with Crippen LogP contribution in [0.1, 0.15) is 24.3 Å². The van der Waals surface area contributed by atoms with E-state index in [2.05, 4.69) is 81.1 Å². The van der Waals surface area contributed by atoms with Crippen molar-refractivity contribution < 1.29 is 0 Å². The zero-order valence-electron chi connectivity index (χ0n) is 10.3. The standard InChI is InChI=1S/C14H15BrINS/c1-3-12(17-2)14-7-6-13(18-14)10-8-9(15)4-5-11(10)16/h4-8,12,17H,3H2,1-2H3. The second-order valence-corrected chi connectivity index (χ2v) is 7.27. The van der Waals surface area contributed by atoms with E-state index in [4.69, 9.17) is 0 Å². The van der Waals surface area contributed by atoms with Crippen molar-refractivity contribution in [3.8, 4) is 10.4 Å². The third kappa shape index (κ3) is 3.15. The number of thiophene rings is 1. The molecule has 0 aliphatic carbocycles. The summed E-state index contributed by atoms with van der Waals surface area (Å²) in [5, 5.41) is 3.36. The van der Waals surface area contributed by atoms with Crippen LogP contribution in [-0.4, -0.2) is 7.05 Å². The van der Waals surface area contributed by atoms with E-state index in [-0.39, 0.29) is 0 Å². The number of benzene rings is 1. The van der Waals surface area contributed by atoms with Crippen LogP contribution in [0.3, 0.4) is 0 Å². The Balaban J connectivity index is 2.37. The molecule has 2 rings (SSSR count). The number of halogens is 2. The summed E-state index contributed by atoms with van der Waals surface area (Å²) < 4.78 is 2.43. The van der Waals surface area contributed by atoms with Crippen LogP contribution in [0.25, 0.3) is 10.4 Å². The SMILES string of the molecule is CCC(NC)c1ccc(-c2cc(Br)ccc2I)s1. The summed E-state index contributed by atoms with van der Waals surface area (Å²) in [5.41, 5.74) is 1.31. The maximum absolute atomic E-state index is 3.55. The fourth-order valence-electron chi connectivity index (χ4n) is 1.92. The van der Waals surface area contributed by atoms with Crippen LogP contribution in [-0.2, 0) is 0 Å². The predicted octanol–water partition coefficient (Wildman–Crippen LogP) is 5.45. The van der Waals surface area contributed by atoms with E-state index in [1.54, 1.807) is 0 Å². The van der Waals surface area contributed by atoms with E-state index in [1.165, 1.54) is 18.9 Å². The fraction of sp³-hybridized carbons (Fsp3) is 0.286. The molecule has 1 atom stereocenters. The molecule has 1 N–H and O–H groups in total. The molecule has 0 aliphatic rings. The summed E-state index contributed by atoms with van der Waals surface area (Å²) >= 11 is 7.82. The Morgan fingerprint density at radius 3 is 2.78 bits per heavy atom. The number of nitrogens with one attached hydrogen (secondary N) is 1. The molecule has 18 heavy (non-hydrogen) atoms. The molecule has 0 fully saturated rings. The highest BCUT2D eigenvalue weighted by molar-refractivity contribution is 14.1. The Hall–Kier alpha value is 0.0900. The van der Waals surface area contributed by atoms with Gasteiger partial charge >= 0.3 is 0 Å². The predicted molar refractivity (Wildman–Crippen MR) is 92.3 cm³/mol. The average Bonchev–Trinajstić information content (AvgIpc) is 2.83. The quantitative estimate of drug-likeness (QED) is 0.629. The van der Waals surface area contributed by atoms with E-state index in [1.807, 2.05) is 18.4 Å². The van der Waals surface area contributed by atoms with Gasteiger partial charge in [-0.2, -0.15) is 0 Å². The van der Waals surface area contributed by atoms with Gasteiger partial charge in [0.2, 0.25) is 0 Å². The van der Waals surface area contributed by atoms with E-state index in [0.717, 1.165) is 10.9 Å². The lowest BCUT2D eigenvalue weighted by Gasteiger charge is -2.10. The first kappa shape index (κ1) is 14.5. The summed E-state index contributed by atoms with van der Waals surface area (Å²) in [5.74, 6) is 0. The van der Waals surface area contributed by atoms with Crippen molar-refractivity contribution in [3.05, 3.63) is 43.3 Å². The lowest BCUT2D eigenvalue weighted by molar-refractivity contribution is 0.586. The lowest BCUT2D eigenvalue weighted by atomic mass is 10.1. The molecule has 0 bridgehead atoms. The first-order valence-corrected chi connectivity index (χ1v) is 8.57. The van der Waals surface area contributed by atoms with Crippen molar-refractivity contribution in [2.75, 3.05) is 7.05 Å². The van der Waals surface area contributed by atoms with E-state index < -0.39 is 0 Å². The van der Waals surface area contributed by atoms with Crippen LogP contribution in [0, 0.1) is 3.57 Å². The Kier molecular flexibility index (Phi) is 5.24. The van der Waals surface area contributed by atoms with Gasteiger partial charge in [-0.3, -0.25) is 0 Å². The van der Waals surface area contributed by atoms with Crippen LogP contribution in [0.15, 0.2) is 34.8 Å². The molecule has 1 aromatic carbocycles.